The van der Waals surface area contributed by atoms with Crippen LogP contribution in [0.25, 0.3) is 0 Å². The number of imidazole rings is 1. The molecule has 1 saturated carbocycles. The lowest BCUT2D eigenvalue weighted by Crippen LogP contribution is -1.92. The number of nitrogens with zero attached hydrogens (tertiary/aromatic N) is 1. The summed E-state index contributed by atoms with van der Waals surface area (Å²) in [7, 11) is 0. The largest absolute Gasteiger partial charge is 0.369 e. The van der Waals surface area contributed by atoms with Crippen molar-refractivity contribution < 1.29 is 0 Å². The monoisotopic (exact) mass is 331 g/mol. The standard InChI is InChI=1S/C9H15N3.C8H9Cl.C2H2/c1-5-7(12-8(10)11-5)6-4-9(6,2)3;1-2-7-4-3-5-8(9)6-7;1-2/h6H,4H2,1-3H3,(H3,10,11,12);3-6H,2H2,1H3;1-2H/t6-;;/m1../s1. The van der Waals surface area contributed by atoms with Crippen LogP contribution in [0.5, 0.6) is 0 Å². The summed E-state index contributed by atoms with van der Waals surface area (Å²) in [6, 6.07) is 7.93. The van der Waals surface area contributed by atoms with Crippen molar-refractivity contribution >= 4 is 17.5 Å². The van der Waals surface area contributed by atoms with E-state index in [4.69, 9.17) is 17.3 Å². The predicted octanol–water partition coefficient (Wildman–Crippen LogP) is 4.97. The molecular weight excluding hydrogens is 306 g/mol. The van der Waals surface area contributed by atoms with Gasteiger partial charge in [-0.2, -0.15) is 0 Å². The van der Waals surface area contributed by atoms with Crippen LogP contribution < -0.4 is 5.73 Å². The van der Waals surface area contributed by atoms with Gasteiger partial charge in [0.25, 0.3) is 0 Å². The SMILES string of the molecule is C#C.CCc1cccc(Cl)c1.Cc1[nH]c(N)nc1[C@H]1CC1(C)C. The normalized spacial score (nSPS) is 17.3. The Hall–Kier alpha value is -1.92. The first-order valence-electron chi connectivity index (χ1n) is 7.73. The highest BCUT2D eigenvalue weighted by Crippen LogP contribution is 2.58. The summed E-state index contributed by atoms with van der Waals surface area (Å²) >= 11 is 5.72. The summed E-state index contributed by atoms with van der Waals surface area (Å²) in [6.45, 7) is 8.68. The number of nitrogens with two attached hydrogens (primary N) is 1. The number of nitrogen functional groups attached to an aromatic ring is 1. The average Bonchev–Trinajstić information content (AvgIpc) is 3.01. The molecule has 3 nitrogen and oxygen atoms in total. The van der Waals surface area contributed by atoms with Crippen molar-refractivity contribution in [3.05, 3.63) is 46.2 Å². The van der Waals surface area contributed by atoms with Crippen LogP contribution in [0.15, 0.2) is 24.3 Å². The van der Waals surface area contributed by atoms with E-state index >= 15 is 0 Å². The maximum atomic E-state index is 5.72. The van der Waals surface area contributed by atoms with Gasteiger partial charge in [-0.3, -0.25) is 0 Å². The highest BCUT2D eigenvalue weighted by Gasteiger charge is 2.48. The Labute approximate surface area is 144 Å². The number of nitrogens with one attached hydrogen (secondary N) is 1. The molecule has 0 unspecified atom stereocenters. The van der Waals surface area contributed by atoms with Crippen LogP contribution in [0.3, 0.4) is 0 Å². The number of halogens is 1. The minimum absolute atomic E-state index is 0.437. The molecule has 1 aliphatic carbocycles. The number of hydrogen-bond donors (Lipinski definition) is 2. The lowest BCUT2D eigenvalue weighted by Gasteiger charge is -1.99. The molecule has 0 amide bonds. The van der Waals surface area contributed by atoms with Crippen molar-refractivity contribution in [1.29, 1.82) is 0 Å². The smallest absolute Gasteiger partial charge is 0.197 e. The Morgan fingerprint density at radius 1 is 1.39 bits per heavy atom. The Kier molecular flexibility index (Phi) is 6.72. The van der Waals surface area contributed by atoms with Crippen LogP contribution >= 0.6 is 11.6 Å². The molecule has 0 radical (unpaired) electrons. The van der Waals surface area contributed by atoms with Crippen molar-refractivity contribution in [3.8, 4) is 12.8 Å². The van der Waals surface area contributed by atoms with Crippen LogP contribution in [0.4, 0.5) is 5.95 Å². The third-order valence-corrected chi connectivity index (χ3v) is 4.32. The Morgan fingerprint density at radius 3 is 2.35 bits per heavy atom. The van der Waals surface area contributed by atoms with E-state index in [0.29, 0.717) is 17.3 Å². The van der Waals surface area contributed by atoms with Crippen LogP contribution in [0.2, 0.25) is 5.02 Å². The fourth-order valence-corrected chi connectivity index (χ4v) is 2.74. The van der Waals surface area contributed by atoms with Crippen molar-refractivity contribution in [2.75, 3.05) is 5.73 Å². The highest BCUT2D eigenvalue weighted by atomic mass is 35.5. The van der Waals surface area contributed by atoms with Crippen molar-refractivity contribution in [3.63, 3.8) is 0 Å². The first-order valence-corrected chi connectivity index (χ1v) is 8.11. The van der Waals surface area contributed by atoms with Crippen LogP contribution in [0.1, 0.15) is 50.1 Å². The molecule has 0 bridgehead atoms. The molecule has 23 heavy (non-hydrogen) atoms. The summed E-state index contributed by atoms with van der Waals surface area (Å²) in [5.74, 6) is 1.16. The zero-order valence-electron chi connectivity index (χ0n) is 14.4. The van der Waals surface area contributed by atoms with E-state index < -0.39 is 0 Å². The first kappa shape index (κ1) is 19.1. The van der Waals surface area contributed by atoms with Gasteiger partial charge < -0.3 is 10.7 Å². The summed E-state index contributed by atoms with van der Waals surface area (Å²) in [5.41, 5.74) is 9.59. The van der Waals surface area contributed by atoms with Crippen LogP contribution in [0, 0.1) is 25.2 Å². The maximum absolute atomic E-state index is 5.72. The lowest BCUT2D eigenvalue weighted by atomic mass is 10.1. The van der Waals surface area contributed by atoms with Crippen LogP contribution in [-0.4, -0.2) is 9.97 Å². The molecule has 0 aliphatic heterocycles. The molecule has 1 fully saturated rings. The summed E-state index contributed by atoms with van der Waals surface area (Å²) in [5, 5.41) is 0.828. The summed E-state index contributed by atoms with van der Waals surface area (Å²) < 4.78 is 0. The fraction of sp³-hybridized carbons (Fsp3) is 0.421. The molecule has 0 spiro atoms. The third kappa shape index (κ3) is 5.33. The van der Waals surface area contributed by atoms with E-state index in [9.17, 15) is 0 Å². The molecule has 3 rings (SSSR count). The van der Waals surface area contributed by atoms with Gasteiger partial charge in [0.15, 0.2) is 5.95 Å². The third-order valence-electron chi connectivity index (χ3n) is 4.08. The number of terminal acetylenes is 1. The van der Waals surface area contributed by atoms with Gasteiger partial charge >= 0.3 is 0 Å². The summed E-state index contributed by atoms with van der Waals surface area (Å²) in [6.07, 6.45) is 10.3. The Morgan fingerprint density at radius 2 is 2.00 bits per heavy atom. The molecule has 1 aromatic carbocycles. The number of aromatic nitrogens is 2. The van der Waals surface area contributed by atoms with Gasteiger partial charge in [-0.05, 0) is 42.9 Å². The van der Waals surface area contributed by atoms with E-state index in [0.717, 1.165) is 22.8 Å². The van der Waals surface area contributed by atoms with Gasteiger partial charge in [0, 0.05) is 16.6 Å². The molecule has 1 aromatic heterocycles. The topological polar surface area (TPSA) is 54.7 Å². The van der Waals surface area contributed by atoms with Gasteiger partial charge in [-0.15, -0.1) is 12.8 Å². The number of benzene rings is 1. The molecule has 4 heteroatoms. The minimum Gasteiger partial charge on any atom is -0.369 e. The first-order chi connectivity index (χ1) is 10.8. The van der Waals surface area contributed by atoms with Gasteiger partial charge in [-0.1, -0.05) is 44.5 Å². The molecule has 1 heterocycles. The minimum atomic E-state index is 0.437. The van der Waals surface area contributed by atoms with Gasteiger partial charge in [-0.25, -0.2) is 4.98 Å². The van der Waals surface area contributed by atoms with Gasteiger partial charge in [0.2, 0.25) is 0 Å². The van der Waals surface area contributed by atoms with Gasteiger partial charge in [0.05, 0.1) is 5.69 Å². The lowest BCUT2D eigenvalue weighted by molar-refractivity contribution is 0.616. The van der Waals surface area contributed by atoms with Crippen molar-refractivity contribution in [2.24, 2.45) is 5.41 Å². The molecule has 1 atom stereocenters. The predicted molar refractivity (Wildman–Crippen MR) is 99.6 cm³/mol. The van der Waals surface area contributed by atoms with E-state index in [-0.39, 0.29) is 0 Å². The number of aryl methyl sites for hydroxylation is 2. The van der Waals surface area contributed by atoms with Gasteiger partial charge in [0.1, 0.15) is 0 Å². The number of anilines is 1. The maximum Gasteiger partial charge on any atom is 0.197 e. The molecule has 124 valence electrons. The van der Waals surface area contributed by atoms with Crippen molar-refractivity contribution in [1.82, 2.24) is 9.97 Å². The number of aromatic amines is 1. The van der Waals surface area contributed by atoms with E-state index in [2.05, 4.69) is 49.7 Å². The molecular formula is C19H26ClN3. The molecule has 0 saturated heterocycles. The summed E-state index contributed by atoms with van der Waals surface area (Å²) in [4.78, 5) is 7.32. The van der Waals surface area contributed by atoms with E-state index in [1.54, 1.807) is 0 Å². The average molecular weight is 332 g/mol. The Balaban J connectivity index is 0.000000215. The zero-order chi connectivity index (χ0) is 17.6. The number of H-pyrrole nitrogens is 1. The van der Waals surface area contributed by atoms with E-state index in [1.165, 1.54) is 12.0 Å². The second kappa shape index (κ2) is 8.08. The molecule has 1 aliphatic rings. The molecule has 3 N–H and O–H groups in total. The quantitative estimate of drug-likeness (QED) is 0.764. The number of rotatable bonds is 2. The van der Waals surface area contributed by atoms with Crippen LogP contribution in [-0.2, 0) is 6.42 Å². The second-order valence-electron chi connectivity index (χ2n) is 6.36. The zero-order valence-corrected chi connectivity index (χ0v) is 15.1. The second-order valence-corrected chi connectivity index (χ2v) is 6.80. The van der Waals surface area contributed by atoms with E-state index in [1.807, 2.05) is 25.1 Å². The Bertz CT molecular complexity index is 656. The fourth-order valence-electron chi connectivity index (χ4n) is 2.53. The highest BCUT2D eigenvalue weighted by molar-refractivity contribution is 6.30. The molecule has 2 aromatic rings. The number of hydrogen-bond acceptors (Lipinski definition) is 2. The van der Waals surface area contributed by atoms with Crippen molar-refractivity contribution in [2.45, 2.75) is 46.5 Å².